The van der Waals surface area contributed by atoms with Crippen LogP contribution in [0, 0.1) is 0 Å². The molecule has 0 aromatic heterocycles. The molecule has 0 bridgehead atoms. The van der Waals surface area contributed by atoms with Crippen molar-refractivity contribution in [3.63, 3.8) is 0 Å². The summed E-state index contributed by atoms with van der Waals surface area (Å²) in [6, 6.07) is 5.80. The highest BCUT2D eigenvalue weighted by atomic mass is 35.5. The number of piperazine rings is 1. The quantitative estimate of drug-likeness (QED) is 0.876. The average Bonchev–Trinajstić information content (AvgIpc) is 3.05. The van der Waals surface area contributed by atoms with Gasteiger partial charge in [-0.2, -0.15) is 0 Å². The number of aryl methyl sites for hydroxylation is 1. The summed E-state index contributed by atoms with van der Waals surface area (Å²) in [6.07, 6.45) is 1.89. The van der Waals surface area contributed by atoms with Gasteiger partial charge in [-0.3, -0.25) is 9.69 Å². The molecule has 0 saturated carbocycles. The van der Waals surface area contributed by atoms with Gasteiger partial charge in [-0.1, -0.05) is 13.0 Å². The van der Waals surface area contributed by atoms with Crippen LogP contribution in [0.3, 0.4) is 0 Å². The number of halogens is 1. The van der Waals surface area contributed by atoms with E-state index in [2.05, 4.69) is 17.1 Å². The van der Waals surface area contributed by atoms with Crippen LogP contribution in [-0.2, 0) is 6.42 Å². The second-order valence-corrected chi connectivity index (χ2v) is 6.18. The predicted molar refractivity (Wildman–Crippen MR) is 93.5 cm³/mol. The van der Waals surface area contributed by atoms with Crippen LogP contribution in [-0.4, -0.2) is 66.1 Å². The number of aromatic hydroxyl groups is 1. The van der Waals surface area contributed by atoms with E-state index in [-0.39, 0.29) is 24.1 Å². The Bertz CT molecular complexity index is 547. The van der Waals surface area contributed by atoms with E-state index in [4.69, 9.17) is 0 Å². The highest BCUT2D eigenvalue weighted by molar-refractivity contribution is 5.97. The highest BCUT2D eigenvalue weighted by Gasteiger charge is 2.32. The van der Waals surface area contributed by atoms with Crippen molar-refractivity contribution in [1.82, 2.24) is 15.1 Å². The molecule has 0 aliphatic carbocycles. The molecule has 0 radical (unpaired) electrons. The Morgan fingerprint density at radius 1 is 1.30 bits per heavy atom. The standard InChI is InChI=1S/C17H25N3O2.ClH/c1-2-13-3-4-16(21)15(11-13)17(22)20-8-5-14(12-20)19-9-6-18-7-10-19;/h3-4,11,14,18,21H,2,5-10,12H2,1H3;1H. The highest BCUT2D eigenvalue weighted by Crippen LogP contribution is 2.24. The van der Waals surface area contributed by atoms with E-state index in [1.54, 1.807) is 6.07 Å². The topological polar surface area (TPSA) is 55.8 Å². The molecule has 2 aliphatic heterocycles. The van der Waals surface area contributed by atoms with Crippen molar-refractivity contribution in [2.75, 3.05) is 39.3 Å². The largest absolute Gasteiger partial charge is 0.507 e. The second-order valence-electron chi connectivity index (χ2n) is 6.18. The van der Waals surface area contributed by atoms with Gasteiger partial charge in [-0.05, 0) is 30.5 Å². The molecule has 1 amide bonds. The fourth-order valence-electron chi connectivity index (χ4n) is 3.42. The van der Waals surface area contributed by atoms with Crippen molar-refractivity contribution >= 4 is 18.3 Å². The molecule has 2 saturated heterocycles. The lowest BCUT2D eigenvalue weighted by molar-refractivity contribution is 0.0770. The van der Waals surface area contributed by atoms with Gasteiger partial charge in [0.2, 0.25) is 0 Å². The first-order chi connectivity index (χ1) is 10.7. The molecule has 2 heterocycles. The number of hydrogen-bond acceptors (Lipinski definition) is 4. The molecule has 3 rings (SSSR count). The van der Waals surface area contributed by atoms with Crippen LogP contribution in [0.2, 0.25) is 0 Å². The minimum absolute atomic E-state index is 0. The molecule has 128 valence electrons. The maximum Gasteiger partial charge on any atom is 0.257 e. The Morgan fingerprint density at radius 2 is 2.04 bits per heavy atom. The number of rotatable bonds is 3. The van der Waals surface area contributed by atoms with Crippen LogP contribution in [0.25, 0.3) is 0 Å². The fraction of sp³-hybridized carbons (Fsp3) is 0.588. The summed E-state index contributed by atoms with van der Waals surface area (Å²) in [5.74, 6) is 0.0539. The number of amides is 1. The lowest BCUT2D eigenvalue weighted by Gasteiger charge is -2.32. The summed E-state index contributed by atoms with van der Waals surface area (Å²) in [7, 11) is 0. The zero-order chi connectivity index (χ0) is 15.5. The van der Waals surface area contributed by atoms with E-state index < -0.39 is 0 Å². The van der Waals surface area contributed by atoms with Crippen LogP contribution >= 0.6 is 12.4 Å². The molecule has 2 N–H and O–H groups in total. The number of nitrogens with one attached hydrogen (secondary N) is 1. The molecular formula is C17H26ClN3O2. The van der Waals surface area contributed by atoms with E-state index in [1.807, 2.05) is 17.0 Å². The zero-order valence-corrected chi connectivity index (χ0v) is 14.4. The SMILES string of the molecule is CCc1ccc(O)c(C(=O)N2CCC(N3CCNCC3)C2)c1.Cl. The normalized spacial score (nSPS) is 22.0. The lowest BCUT2D eigenvalue weighted by atomic mass is 10.1. The maximum atomic E-state index is 12.7. The molecule has 23 heavy (non-hydrogen) atoms. The van der Waals surface area contributed by atoms with Crippen molar-refractivity contribution in [3.8, 4) is 5.75 Å². The van der Waals surface area contributed by atoms with E-state index in [0.29, 0.717) is 11.6 Å². The smallest absolute Gasteiger partial charge is 0.257 e. The van der Waals surface area contributed by atoms with Gasteiger partial charge >= 0.3 is 0 Å². The summed E-state index contributed by atoms with van der Waals surface area (Å²) >= 11 is 0. The number of hydrogen-bond donors (Lipinski definition) is 2. The Morgan fingerprint density at radius 3 is 2.74 bits per heavy atom. The van der Waals surface area contributed by atoms with Crippen LogP contribution in [0.15, 0.2) is 18.2 Å². The second kappa shape index (κ2) is 7.99. The summed E-state index contributed by atoms with van der Waals surface area (Å²) in [6.45, 7) is 7.79. The predicted octanol–water partition coefficient (Wildman–Crippen LogP) is 1.50. The third-order valence-corrected chi connectivity index (χ3v) is 4.82. The van der Waals surface area contributed by atoms with Crippen molar-refractivity contribution < 1.29 is 9.90 Å². The molecule has 1 aromatic carbocycles. The van der Waals surface area contributed by atoms with Gasteiger partial charge in [0.05, 0.1) is 5.56 Å². The van der Waals surface area contributed by atoms with Gasteiger partial charge in [0.15, 0.2) is 0 Å². The summed E-state index contributed by atoms with van der Waals surface area (Å²) in [4.78, 5) is 17.1. The Labute approximate surface area is 144 Å². The van der Waals surface area contributed by atoms with Crippen molar-refractivity contribution in [2.24, 2.45) is 0 Å². The van der Waals surface area contributed by atoms with Crippen molar-refractivity contribution in [1.29, 1.82) is 0 Å². The summed E-state index contributed by atoms with van der Waals surface area (Å²) < 4.78 is 0. The molecule has 2 aliphatic rings. The van der Waals surface area contributed by atoms with E-state index in [9.17, 15) is 9.90 Å². The summed E-state index contributed by atoms with van der Waals surface area (Å²) in [5.41, 5.74) is 1.53. The van der Waals surface area contributed by atoms with Gasteiger partial charge in [-0.25, -0.2) is 0 Å². The first kappa shape index (κ1) is 18.0. The number of phenols is 1. The Hall–Kier alpha value is -1.30. The van der Waals surface area contributed by atoms with Gasteiger partial charge in [0.1, 0.15) is 5.75 Å². The first-order valence-electron chi connectivity index (χ1n) is 8.25. The number of likely N-dealkylation sites (tertiary alicyclic amines) is 1. The first-order valence-corrected chi connectivity index (χ1v) is 8.25. The molecule has 2 fully saturated rings. The Balaban J connectivity index is 0.00000192. The van der Waals surface area contributed by atoms with Crippen LogP contribution < -0.4 is 5.32 Å². The van der Waals surface area contributed by atoms with Gasteiger partial charge < -0.3 is 15.3 Å². The van der Waals surface area contributed by atoms with Crippen LogP contribution in [0.4, 0.5) is 0 Å². The van der Waals surface area contributed by atoms with Crippen molar-refractivity contribution in [3.05, 3.63) is 29.3 Å². The summed E-state index contributed by atoms with van der Waals surface area (Å²) in [5, 5.41) is 13.4. The molecule has 1 atom stereocenters. The lowest BCUT2D eigenvalue weighted by Crippen LogP contribution is -2.49. The molecule has 0 spiro atoms. The molecule has 6 heteroatoms. The monoisotopic (exact) mass is 339 g/mol. The number of carbonyl (C=O) groups excluding carboxylic acids is 1. The average molecular weight is 340 g/mol. The van der Waals surface area contributed by atoms with Crippen LogP contribution in [0.1, 0.15) is 29.3 Å². The van der Waals surface area contributed by atoms with Gasteiger partial charge in [0, 0.05) is 45.3 Å². The fourth-order valence-corrected chi connectivity index (χ4v) is 3.42. The van der Waals surface area contributed by atoms with Crippen LogP contribution in [0.5, 0.6) is 5.75 Å². The maximum absolute atomic E-state index is 12.7. The number of carbonyl (C=O) groups is 1. The number of benzene rings is 1. The molecule has 1 aromatic rings. The molecule has 5 nitrogen and oxygen atoms in total. The van der Waals surface area contributed by atoms with Gasteiger partial charge in [0.25, 0.3) is 5.91 Å². The van der Waals surface area contributed by atoms with E-state index in [0.717, 1.165) is 57.7 Å². The zero-order valence-electron chi connectivity index (χ0n) is 13.6. The number of phenolic OH excluding ortho intramolecular Hbond substituents is 1. The van der Waals surface area contributed by atoms with E-state index in [1.165, 1.54) is 0 Å². The number of nitrogens with zero attached hydrogens (tertiary/aromatic N) is 2. The molecule has 1 unspecified atom stereocenters. The Kier molecular flexibility index (Phi) is 6.27. The molecular weight excluding hydrogens is 314 g/mol. The van der Waals surface area contributed by atoms with Crippen molar-refractivity contribution in [2.45, 2.75) is 25.8 Å². The minimum atomic E-state index is -0.0366. The minimum Gasteiger partial charge on any atom is -0.507 e. The van der Waals surface area contributed by atoms with Gasteiger partial charge in [-0.15, -0.1) is 12.4 Å². The van der Waals surface area contributed by atoms with E-state index >= 15 is 0 Å². The third-order valence-electron chi connectivity index (χ3n) is 4.82. The third kappa shape index (κ3) is 3.97.